The van der Waals surface area contributed by atoms with E-state index in [0.29, 0.717) is 5.92 Å². The molecule has 158 valence electrons. The Kier molecular flexibility index (Phi) is 5.52. The fraction of sp³-hybridized carbons (Fsp3) is 0.417. The van der Waals surface area contributed by atoms with E-state index in [9.17, 15) is 9.90 Å². The van der Waals surface area contributed by atoms with Crippen molar-refractivity contribution in [3.8, 4) is 0 Å². The van der Waals surface area contributed by atoms with Crippen LogP contribution >= 0.6 is 0 Å². The number of H-pyrrole nitrogens is 2. The van der Waals surface area contributed by atoms with Gasteiger partial charge in [-0.3, -0.25) is 4.57 Å². The lowest BCUT2D eigenvalue weighted by Gasteiger charge is -2.17. The molecule has 2 aromatic carbocycles. The third-order valence-corrected chi connectivity index (χ3v) is 5.77. The molecule has 0 amide bonds. The highest BCUT2D eigenvalue weighted by molar-refractivity contribution is 5.78. The molecule has 0 aliphatic rings. The molecule has 2 aromatic heterocycles. The molecule has 30 heavy (non-hydrogen) atoms. The molecule has 0 aliphatic carbocycles. The Hall–Kier alpha value is -2.86. The smallest absolute Gasteiger partial charge is 0.326 e. The highest BCUT2D eigenvalue weighted by Gasteiger charge is 2.20. The summed E-state index contributed by atoms with van der Waals surface area (Å²) < 4.78 is 1.79. The van der Waals surface area contributed by atoms with E-state index in [0.717, 1.165) is 51.9 Å². The normalized spacial score (nSPS) is 13.2. The predicted molar refractivity (Wildman–Crippen MR) is 121 cm³/mol. The number of aliphatic hydroxyl groups excluding tert-OH is 1. The number of imidazole rings is 2. The number of aromatic amines is 2. The van der Waals surface area contributed by atoms with Crippen LogP contribution in [0.25, 0.3) is 22.1 Å². The van der Waals surface area contributed by atoms with Gasteiger partial charge in [0, 0.05) is 12.0 Å². The first-order valence-corrected chi connectivity index (χ1v) is 10.7. The van der Waals surface area contributed by atoms with Crippen LogP contribution in [-0.2, 0) is 6.61 Å². The topological polar surface area (TPSA) is 86.7 Å². The van der Waals surface area contributed by atoms with Crippen LogP contribution in [-0.4, -0.2) is 24.6 Å². The molecular formula is C24H30N4O2. The number of hydrogen-bond acceptors (Lipinski definition) is 3. The quantitative estimate of drug-likeness (QED) is 0.410. The summed E-state index contributed by atoms with van der Waals surface area (Å²) in [6, 6.07) is 12.2. The minimum absolute atomic E-state index is 0.00574. The second-order valence-corrected chi connectivity index (χ2v) is 8.83. The maximum Gasteiger partial charge on any atom is 0.326 e. The molecule has 3 N–H and O–H groups in total. The number of fused-ring (bicyclic) bond motifs is 2. The lowest BCUT2D eigenvalue weighted by molar-refractivity contribution is 0.282. The van der Waals surface area contributed by atoms with Crippen LogP contribution in [0.3, 0.4) is 0 Å². The van der Waals surface area contributed by atoms with E-state index in [-0.39, 0.29) is 24.3 Å². The van der Waals surface area contributed by atoms with Gasteiger partial charge in [-0.2, -0.15) is 0 Å². The van der Waals surface area contributed by atoms with Gasteiger partial charge in [0.1, 0.15) is 5.82 Å². The monoisotopic (exact) mass is 406 g/mol. The molecule has 0 aliphatic heterocycles. The van der Waals surface area contributed by atoms with Gasteiger partial charge in [-0.25, -0.2) is 9.78 Å². The zero-order valence-electron chi connectivity index (χ0n) is 18.1. The van der Waals surface area contributed by atoms with Crippen LogP contribution < -0.4 is 5.69 Å². The Balaban J connectivity index is 1.80. The van der Waals surface area contributed by atoms with Gasteiger partial charge in [0.25, 0.3) is 0 Å². The second kappa shape index (κ2) is 8.11. The molecule has 0 bridgehead atoms. The molecular weight excluding hydrogens is 376 g/mol. The molecule has 0 saturated carbocycles. The Bertz CT molecular complexity index is 1230. The zero-order chi connectivity index (χ0) is 21.4. The van der Waals surface area contributed by atoms with Gasteiger partial charge in [0.2, 0.25) is 0 Å². The van der Waals surface area contributed by atoms with Crippen molar-refractivity contribution >= 4 is 22.1 Å². The summed E-state index contributed by atoms with van der Waals surface area (Å²) in [7, 11) is 0. The zero-order valence-corrected chi connectivity index (χ0v) is 18.1. The first-order valence-electron chi connectivity index (χ1n) is 10.7. The molecule has 0 fully saturated rings. The van der Waals surface area contributed by atoms with Gasteiger partial charge in [-0.05, 0) is 68.0 Å². The van der Waals surface area contributed by atoms with Crippen molar-refractivity contribution in [1.82, 2.24) is 19.5 Å². The summed E-state index contributed by atoms with van der Waals surface area (Å²) >= 11 is 0. The number of nitrogens with zero attached hydrogens (tertiary/aromatic N) is 2. The van der Waals surface area contributed by atoms with Crippen LogP contribution in [0.2, 0.25) is 0 Å². The summed E-state index contributed by atoms with van der Waals surface area (Å²) in [6.07, 6.45) is 2.04. The Morgan fingerprint density at radius 3 is 2.50 bits per heavy atom. The number of rotatable bonds is 7. The van der Waals surface area contributed by atoms with Crippen LogP contribution in [0.15, 0.2) is 41.2 Å². The number of hydrogen-bond donors (Lipinski definition) is 3. The van der Waals surface area contributed by atoms with Crippen LogP contribution in [0.5, 0.6) is 0 Å². The maximum absolute atomic E-state index is 12.4. The van der Waals surface area contributed by atoms with E-state index in [1.54, 1.807) is 4.57 Å². The Morgan fingerprint density at radius 1 is 1.00 bits per heavy atom. The first-order chi connectivity index (χ1) is 14.4. The largest absolute Gasteiger partial charge is 0.392 e. The third-order valence-electron chi connectivity index (χ3n) is 5.77. The summed E-state index contributed by atoms with van der Waals surface area (Å²) in [5, 5.41) is 9.43. The predicted octanol–water partition coefficient (Wildman–Crippen LogP) is 4.85. The van der Waals surface area contributed by atoms with Crippen molar-refractivity contribution in [2.75, 3.05) is 0 Å². The van der Waals surface area contributed by atoms with Crippen LogP contribution in [0, 0.1) is 5.92 Å². The van der Waals surface area contributed by atoms with E-state index in [4.69, 9.17) is 4.98 Å². The lowest BCUT2D eigenvalue weighted by atomic mass is 9.90. The van der Waals surface area contributed by atoms with Crippen molar-refractivity contribution in [3.05, 3.63) is 63.8 Å². The van der Waals surface area contributed by atoms with Crippen molar-refractivity contribution < 1.29 is 5.11 Å². The highest BCUT2D eigenvalue weighted by Crippen LogP contribution is 2.32. The van der Waals surface area contributed by atoms with Gasteiger partial charge in [-0.1, -0.05) is 26.0 Å². The molecule has 2 heterocycles. The van der Waals surface area contributed by atoms with E-state index in [1.165, 1.54) is 0 Å². The van der Waals surface area contributed by atoms with E-state index in [1.807, 2.05) is 38.1 Å². The fourth-order valence-corrected chi connectivity index (χ4v) is 4.17. The summed E-state index contributed by atoms with van der Waals surface area (Å²) in [5.41, 5.74) is 5.55. The van der Waals surface area contributed by atoms with Gasteiger partial charge >= 0.3 is 5.69 Å². The lowest BCUT2D eigenvalue weighted by Crippen LogP contribution is -2.18. The van der Waals surface area contributed by atoms with E-state index < -0.39 is 0 Å². The summed E-state index contributed by atoms with van der Waals surface area (Å²) in [4.78, 5) is 23.7. The number of aromatic nitrogens is 4. The minimum Gasteiger partial charge on any atom is -0.392 e. The van der Waals surface area contributed by atoms with Crippen molar-refractivity contribution in [2.24, 2.45) is 5.92 Å². The number of nitrogens with one attached hydrogen (secondary N) is 2. The molecule has 4 rings (SSSR count). The average Bonchev–Trinajstić information content (AvgIpc) is 3.26. The van der Waals surface area contributed by atoms with Gasteiger partial charge in [0.05, 0.1) is 28.7 Å². The van der Waals surface area contributed by atoms with E-state index >= 15 is 0 Å². The highest BCUT2D eigenvalue weighted by atomic mass is 16.3. The fourth-order valence-electron chi connectivity index (χ4n) is 4.17. The number of aliphatic hydroxyl groups is 1. The van der Waals surface area contributed by atoms with Gasteiger partial charge < -0.3 is 15.1 Å². The molecule has 6 nitrogen and oxygen atoms in total. The molecule has 6 heteroatoms. The number of benzene rings is 2. The molecule has 0 radical (unpaired) electrons. The molecule has 4 aromatic rings. The van der Waals surface area contributed by atoms with Gasteiger partial charge in [0.15, 0.2) is 0 Å². The van der Waals surface area contributed by atoms with Crippen molar-refractivity contribution in [2.45, 2.75) is 59.1 Å². The van der Waals surface area contributed by atoms with Crippen molar-refractivity contribution in [3.63, 3.8) is 0 Å². The summed E-state index contributed by atoms with van der Waals surface area (Å²) in [6.45, 7) is 8.50. The summed E-state index contributed by atoms with van der Waals surface area (Å²) in [5.74, 6) is 1.61. The molecule has 0 saturated heterocycles. The minimum atomic E-state index is -0.0730. The third kappa shape index (κ3) is 3.79. The van der Waals surface area contributed by atoms with Crippen LogP contribution in [0.4, 0.5) is 0 Å². The standard InChI is InChI=1S/C24H30N4O2/c1-14(2)5-8-18(23-25-19-9-6-16(13-29)11-20(19)26-23)17-7-10-22-21(12-17)27-24(30)28(22)15(3)4/h6-7,9-12,14-15,18,29H,5,8,13H2,1-4H3,(H,25,26)(H,27,30). The Morgan fingerprint density at radius 2 is 1.80 bits per heavy atom. The SMILES string of the molecule is CC(C)CCC(c1ccc2c(c1)[nH]c(=O)n2C(C)C)c1nc2cc(CO)ccc2[nH]1. The van der Waals surface area contributed by atoms with Gasteiger partial charge in [-0.15, -0.1) is 0 Å². The second-order valence-electron chi connectivity index (χ2n) is 8.83. The van der Waals surface area contributed by atoms with Crippen molar-refractivity contribution in [1.29, 1.82) is 0 Å². The molecule has 1 atom stereocenters. The van der Waals surface area contributed by atoms with E-state index in [2.05, 4.69) is 35.9 Å². The first kappa shape index (κ1) is 20.4. The Labute approximate surface area is 176 Å². The maximum atomic E-state index is 12.4. The average molecular weight is 407 g/mol. The molecule has 0 spiro atoms. The van der Waals surface area contributed by atoms with Crippen LogP contribution in [0.1, 0.15) is 69.4 Å². The molecule has 1 unspecified atom stereocenters.